The Labute approximate surface area is 66.3 Å². The maximum Gasteiger partial charge on any atom is 0.0739 e. The Morgan fingerprint density at radius 3 is 3.10 bits per heavy atom. The van der Waals surface area contributed by atoms with Crippen LogP contribution < -0.4 is 5.32 Å². The molecule has 2 heteroatoms. The van der Waals surface area contributed by atoms with E-state index in [9.17, 15) is 0 Å². The first kappa shape index (κ1) is 6.59. The Balaban J connectivity index is 2.14. The molecular weight excluding hydrogens is 142 g/mol. The lowest BCUT2D eigenvalue weighted by atomic mass is 10.0. The van der Waals surface area contributed by atoms with Crippen molar-refractivity contribution in [1.29, 1.82) is 0 Å². The van der Waals surface area contributed by atoms with Gasteiger partial charge in [0, 0.05) is 17.1 Å². The molecule has 1 nitrogen and oxygen atoms in total. The largest absolute Gasteiger partial charge is 0.386 e. The summed E-state index contributed by atoms with van der Waals surface area (Å²) in [5, 5.41) is 3.37. The summed E-state index contributed by atoms with van der Waals surface area (Å²) < 4.78 is 0. The third-order valence-electron chi connectivity index (χ3n) is 1.99. The van der Waals surface area contributed by atoms with Crippen molar-refractivity contribution in [2.75, 3.05) is 6.54 Å². The molecule has 0 spiro atoms. The summed E-state index contributed by atoms with van der Waals surface area (Å²) in [5.74, 6) is 3.23. The highest BCUT2D eigenvalue weighted by molar-refractivity contribution is 8.05. The van der Waals surface area contributed by atoms with Gasteiger partial charge in [-0.1, -0.05) is 0 Å². The second-order valence-electron chi connectivity index (χ2n) is 2.71. The molecule has 0 atom stereocenters. The lowest BCUT2D eigenvalue weighted by Gasteiger charge is -2.24. The SMILES string of the molecule is [C]1CNC2=C(CCCC2)S1. The minimum absolute atomic E-state index is 0.934. The third kappa shape index (κ3) is 1.17. The molecule has 0 aromatic carbocycles. The molecule has 0 fully saturated rings. The predicted octanol–water partition coefficient (Wildman–Crippen LogP) is 2.15. The number of hydrogen-bond acceptors (Lipinski definition) is 2. The normalized spacial score (nSPS) is 25.6. The molecule has 0 aromatic heterocycles. The Bertz CT molecular complexity index is 129. The van der Waals surface area contributed by atoms with Crippen molar-refractivity contribution >= 4 is 11.8 Å². The van der Waals surface area contributed by atoms with Crippen LogP contribution in [0.15, 0.2) is 10.6 Å². The maximum atomic E-state index is 3.37. The van der Waals surface area contributed by atoms with Gasteiger partial charge in [0.15, 0.2) is 0 Å². The van der Waals surface area contributed by atoms with Crippen LogP contribution in [0.5, 0.6) is 0 Å². The highest BCUT2D eigenvalue weighted by Gasteiger charge is 2.16. The van der Waals surface area contributed by atoms with Gasteiger partial charge in [0.25, 0.3) is 0 Å². The van der Waals surface area contributed by atoms with Crippen LogP contribution in [0.3, 0.4) is 0 Å². The maximum absolute atomic E-state index is 3.37. The van der Waals surface area contributed by atoms with E-state index in [0.717, 1.165) is 6.54 Å². The lowest BCUT2D eigenvalue weighted by molar-refractivity contribution is 0.644. The van der Waals surface area contributed by atoms with E-state index in [0.29, 0.717) is 0 Å². The first-order chi connectivity index (χ1) is 4.97. The van der Waals surface area contributed by atoms with Crippen LogP contribution in [0.4, 0.5) is 0 Å². The van der Waals surface area contributed by atoms with E-state index >= 15 is 0 Å². The summed E-state index contributed by atoms with van der Waals surface area (Å²) in [6.07, 6.45) is 5.28. The van der Waals surface area contributed by atoms with Crippen LogP contribution >= 0.6 is 11.8 Å². The fraction of sp³-hybridized carbons (Fsp3) is 0.625. The van der Waals surface area contributed by atoms with Crippen molar-refractivity contribution in [2.45, 2.75) is 25.7 Å². The average molecular weight is 153 g/mol. The number of rotatable bonds is 0. The van der Waals surface area contributed by atoms with Gasteiger partial charge in [-0.15, -0.1) is 11.8 Å². The molecule has 1 aliphatic heterocycles. The van der Waals surface area contributed by atoms with Gasteiger partial charge in [0.2, 0.25) is 0 Å². The van der Waals surface area contributed by atoms with Gasteiger partial charge in [-0.25, -0.2) is 0 Å². The van der Waals surface area contributed by atoms with Gasteiger partial charge in [-0.2, -0.15) is 0 Å². The van der Waals surface area contributed by atoms with Crippen molar-refractivity contribution in [3.05, 3.63) is 16.4 Å². The number of allylic oxidation sites excluding steroid dienone is 2. The summed E-state index contributed by atoms with van der Waals surface area (Å²) >= 11 is 1.81. The number of hydrogen-bond donors (Lipinski definition) is 1. The summed E-state index contributed by atoms with van der Waals surface area (Å²) in [4.78, 5) is 1.54. The van der Waals surface area contributed by atoms with Crippen LogP contribution in [0.25, 0.3) is 0 Å². The molecule has 0 bridgehead atoms. The van der Waals surface area contributed by atoms with Crippen molar-refractivity contribution < 1.29 is 0 Å². The van der Waals surface area contributed by atoms with E-state index in [-0.39, 0.29) is 0 Å². The van der Waals surface area contributed by atoms with E-state index in [1.54, 1.807) is 0 Å². The van der Waals surface area contributed by atoms with Gasteiger partial charge in [0.05, 0.1) is 5.75 Å². The molecule has 0 saturated heterocycles. The fourth-order valence-electron chi connectivity index (χ4n) is 1.44. The molecular formula is C8H11NS. The Morgan fingerprint density at radius 2 is 2.20 bits per heavy atom. The zero-order valence-electron chi connectivity index (χ0n) is 5.94. The van der Waals surface area contributed by atoms with Gasteiger partial charge in [0.1, 0.15) is 0 Å². The summed E-state index contributed by atoms with van der Waals surface area (Å²) in [5.41, 5.74) is 1.50. The van der Waals surface area contributed by atoms with Crippen LogP contribution in [-0.4, -0.2) is 6.54 Å². The minimum atomic E-state index is 0.934. The standard InChI is InChI=1S/C8H11NS/c1-2-4-8-7(3-1)9-5-6-10-8/h9H,1-5H2. The summed E-state index contributed by atoms with van der Waals surface area (Å²) in [6.45, 7) is 0.934. The van der Waals surface area contributed by atoms with Crippen molar-refractivity contribution in [3.8, 4) is 0 Å². The van der Waals surface area contributed by atoms with E-state index in [1.807, 2.05) is 11.8 Å². The Hall–Kier alpha value is -0.110. The molecule has 2 radical (unpaired) electrons. The van der Waals surface area contributed by atoms with Crippen molar-refractivity contribution in [2.24, 2.45) is 0 Å². The first-order valence-electron chi connectivity index (χ1n) is 3.82. The van der Waals surface area contributed by atoms with Crippen molar-refractivity contribution in [3.63, 3.8) is 0 Å². The number of thioether (sulfide) groups is 1. The molecule has 2 aliphatic rings. The van der Waals surface area contributed by atoms with Crippen LogP contribution in [-0.2, 0) is 0 Å². The second kappa shape index (κ2) is 2.87. The topological polar surface area (TPSA) is 12.0 Å². The molecule has 0 aromatic rings. The van der Waals surface area contributed by atoms with E-state index in [2.05, 4.69) is 11.1 Å². The molecule has 1 aliphatic carbocycles. The average Bonchev–Trinajstić information content (AvgIpc) is 2.05. The molecule has 1 heterocycles. The van der Waals surface area contributed by atoms with Gasteiger partial charge in [-0.05, 0) is 25.7 Å². The van der Waals surface area contributed by atoms with Crippen LogP contribution in [0.1, 0.15) is 25.7 Å². The molecule has 54 valence electrons. The Morgan fingerprint density at radius 1 is 1.30 bits per heavy atom. The quantitative estimate of drug-likeness (QED) is 0.572. The van der Waals surface area contributed by atoms with Gasteiger partial charge >= 0.3 is 0 Å². The third-order valence-corrected chi connectivity index (χ3v) is 2.97. The summed E-state index contributed by atoms with van der Waals surface area (Å²) in [7, 11) is 0. The van der Waals surface area contributed by atoms with Crippen LogP contribution in [0.2, 0.25) is 0 Å². The smallest absolute Gasteiger partial charge is 0.0739 e. The molecule has 1 N–H and O–H groups in total. The lowest BCUT2D eigenvalue weighted by Crippen LogP contribution is -2.21. The van der Waals surface area contributed by atoms with Gasteiger partial charge in [-0.3, -0.25) is 0 Å². The minimum Gasteiger partial charge on any atom is -0.386 e. The summed E-state index contributed by atoms with van der Waals surface area (Å²) in [6, 6.07) is 0. The highest BCUT2D eigenvalue weighted by atomic mass is 32.2. The molecule has 0 unspecified atom stereocenters. The fourth-order valence-corrected chi connectivity index (χ4v) is 2.31. The zero-order valence-corrected chi connectivity index (χ0v) is 6.76. The Kier molecular flexibility index (Phi) is 1.89. The van der Waals surface area contributed by atoms with Gasteiger partial charge < -0.3 is 5.32 Å². The van der Waals surface area contributed by atoms with Crippen molar-refractivity contribution in [1.82, 2.24) is 5.32 Å². The predicted molar refractivity (Wildman–Crippen MR) is 44.3 cm³/mol. The van der Waals surface area contributed by atoms with E-state index in [1.165, 1.54) is 36.3 Å². The highest BCUT2D eigenvalue weighted by Crippen LogP contribution is 2.35. The number of nitrogens with one attached hydrogen (secondary N) is 1. The second-order valence-corrected chi connectivity index (χ2v) is 3.69. The van der Waals surface area contributed by atoms with E-state index < -0.39 is 0 Å². The monoisotopic (exact) mass is 153 g/mol. The van der Waals surface area contributed by atoms with E-state index in [4.69, 9.17) is 0 Å². The zero-order chi connectivity index (χ0) is 6.81. The molecule has 2 rings (SSSR count). The molecule has 0 amide bonds. The first-order valence-corrected chi connectivity index (χ1v) is 4.64. The van der Waals surface area contributed by atoms with Crippen LogP contribution in [0, 0.1) is 5.75 Å². The molecule has 0 saturated carbocycles. The molecule has 10 heavy (non-hydrogen) atoms.